The Kier molecular flexibility index (Phi) is 10.4. The summed E-state index contributed by atoms with van der Waals surface area (Å²) in [6.07, 6.45) is 0. The molecule has 0 saturated carbocycles. The summed E-state index contributed by atoms with van der Waals surface area (Å²) in [5.74, 6) is 3.23. The minimum Gasteiger partial charge on any atom is -0.497 e. The van der Waals surface area contributed by atoms with Gasteiger partial charge in [-0.3, -0.25) is 4.99 Å². The summed E-state index contributed by atoms with van der Waals surface area (Å²) in [7, 11) is 5.07. The number of methoxy groups -OCH3 is 2. The van der Waals surface area contributed by atoms with Gasteiger partial charge in [0.15, 0.2) is 5.96 Å². The van der Waals surface area contributed by atoms with Gasteiger partial charge in [-0.1, -0.05) is 12.1 Å². The lowest BCUT2D eigenvalue weighted by Gasteiger charge is -2.13. The third kappa shape index (κ3) is 7.54. The first-order valence-corrected chi connectivity index (χ1v) is 8.51. The van der Waals surface area contributed by atoms with E-state index in [0.717, 1.165) is 34.3 Å². The van der Waals surface area contributed by atoms with Gasteiger partial charge in [-0.2, -0.15) is 0 Å². The zero-order valence-electron chi connectivity index (χ0n) is 16.2. The van der Waals surface area contributed by atoms with E-state index in [0.29, 0.717) is 19.7 Å². The van der Waals surface area contributed by atoms with E-state index >= 15 is 0 Å². The Morgan fingerprint density at radius 1 is 0.963 bits per heavy atom. The molecular weight excluding hydrogens is 457 g/mol. The molecule has 0 aliphatic rings. The van der Waals surface area contributed by atoms with Gasteiger partial charge in [0.05, 0.1) is 20.8 Å². The van der Waals surface area contributed by atoms with Crippen molar-refractivity contribution >= 4 is 29.9 Å². The summed E-state index contributed by atoms with van der Waals surface area (Å²) < 4.78 is 16.2. The molecule has 0 amide bonds. The van der Waals surface area contributed by atoms with Gasteiger partial charge in [-0.15, -0.1) is 24.0 Å². The van der Waals surface area contributed by atoms with Gasteiger partial charge < -0.3 is 24.8 Å². The molecule has 0 bridgehead atoms. The lowest BCUT2D eigenvalue weighted by atomic mass is 10.1. The normalized spacial score (nSPS) is 10.6. The number of hydrogen-bond acceptors (Lipinski definition) is 4. The largest absolute Gasteiger partial charge is 0.497 e. The maximum atomic E-state index is 5.69. The van der Waals surface area contributed by atoms with Crippen molar-refractivity contribution in [2.75, 3.05) is 34.4 Å². The first-order valence-electron chi connectivity index (χ1n) is 8.51. The molecule has 27 heavy (non-hydrogen) atoms. The van der Waals surface area contributed by atoms with Crippen LogP contribution in [0.1, 0.15) is 11.1 Å². The van der Waals surface area contributed by atoms with E-state index in [-0.39, 0.29) is 24.0 Å². The Bertz CT molecular complexity index is 721. The summed E-state index contributed by atoms with van der Waals surface area (Å²) in [4.78, 5) is 4.22. The minimum atomic E-state index is 0. The number of guanidine groups is 1. The molecular formula is C20H28IN3O3. The van der Waals surface area contributed by atoms with Gasteiger partial charge >= 0.3 is 0 Å². The molecule has 0 fully saturated rings. The predicted octanol–water partition coefficient (Wildman–Crippen LogP) is 3.37. The van der Waals surface area contributed by atoms with Crippen LogP contribution in [0.25, 0.3) is 0 Å². The van der Waals surface area contributed by atoms with Crippen LogP contribution in [0.4, 0.5) is 0 Å². The highest BCUT2D eigenvalue weighted by Gasteiger charge is 2.02. The van der Waals surface area contributed by atoms with Gasteiger partial charge in [0.1, 0.15) is 23.9 Å². The van der Waals surface area contributed by atoms with Gasteiger partial charge in [0.2, 0.25) is 0 Å². The molecule has 0 radical (unpaired) electrons. The van der Waals surface area contributed by atoms with Gasteiger partial charge in [0.25, 0.3) is 0 Å². The number of hydrogen-bond donors (Lipinski definition) is 2. The fourth-order valence-electron chi connectivity index (χ4n) is 2.39. The molecule has 2 aromatic rings. The van der Waals surface area contributed by atoms with Crippen molar-refractivity contribution < 1.29 is 14.2 Å². The van der Waals surface area contributed by atoms with Crippen LogP contribution in [0, 0.1) is 6.92 Å². The standard InChI is InChI=1S/C20H27N3O3.HI/c1-15-5-6-16(13-19(15)25-4)14-23-20(21-2)22-11-12-26-18-9-7-17(24-3)8-10-18;/h5-10,13H,11-12,14H2,1-4H3,(H2,21,22,23);1H. The lowest BCUT2D eigenvalue weighted by molar-refractivity contribution is 0.321. The van der Waals surface area contributed by atoms with Crippen molar-refractivity contribution in [3.05, 3.63) is 53.6 Å². The maximum absolute atomic E-state index is 5.69. The molecule has 0 aliphatic heterocycles. The smallest absolute Gasteiger partial charge is 0.191 e. The molecule has 148 valence electrons. The molecule has 0 heterocycles. The molecule has 0 spiro atoms. The molecule has 2 aromatic carbocycles. The average molecular weight is 485 g/mol. The summed E-state index contributed by atoms with van der Waals surface area (Å²) in [6, 6.07) is 13.7. The van der Waals surface area contributed by atoms with E-state index in [4.69, 9.17) is 14.2 Å². The minimum absolute atomic E-state index is 0. The first kappa shape index (κ1) is 22.9. The van der Waals surface area contributed by atoms with E-state index in [1.54, 1.807) is 21.3 Å². The van der Waals surface area contributed by atoms with E-state index in [1.807, 2.05) is 37.3 Å². The highest BCUT2D eigenvalue weighted by Crippen LogP contribution is 2.19. The second kappa shape index (κ2) is 12.3. The van der Waals surface area contributed by atoms with Crippen LogP contribution in [0.15, 0.2) is 47.5 Å². The predicted molar refractivity (Wildman–Crippen MR) is 120 cm³/mol. The number of nitrogens with one attached hydrogen (secondary N) is 2. The fourth-order valence-corrected chi connectivity index (χ4v) is 2.39. The van der Waals surface area contributed by atoms with Crippen molar-refractivity contribution in [1.82, 2.24) is 10.6 Å². The highest BCUT2D eigenvalue weighted by molar-refractivity contribution is 14.0. The van der Waals surface area contributed by atoms with Crippen LogP contribution >= 0.6 is 24.0 Å². The third-order valence-electron chi connectivity index (χ3n) is 3.88. The van der Waals surface area contributed by atoms with Crippen molar-refractivity contribution in [3.8, 4) is 17.2 Å². The van der Waals surface area contributed by atoms with Gasteiger partial charge in [-0.25, -0.2) is 0 Å². The van der Waals surface area contributed by atoms with Crippen LogP contribution in [-0.4, -0.2) is 40.4 Å². The molecule has 0 saturated heterocycles. The number of ether oxygens (including phenoxy) is 3. The maximum Gasteiger partial charge on any atom is 0.191 e. The van der Waals surface area contributed by atoms with Crippen LogP contribution in [0.3, 0.4) is 0 Å². The SMILES string of the molecule is CN=C(NCCOc1ccc(OC)cc1)NCc1ccc(C)c(OC)c1.I. The molecule has 0 aliphatic carbocycles. The zero-order valence-corrected chi connectivity index (χ0v) is 18.6. The molecule has 2 N–H and O–H groups in total. The Morgan fingerprint density at radius 3 is 2.30 bits per heavy atom. The number of aryl methyl sites for hydroxylation is 1. The lowest BCUT2D eigenvalue weighted by Crippen LogP contribution is -2.38. The van der Waals surface area contributed by atoms with E-state index < -0.39 is 0 Å². The van der Waals surface area contributed by atoms with Crippen molar-refractivity contribution in [2.24, 2.45) is 4.99 Å². The van der Waals surface area contributed by atoms with Crippen LogP contribution in [0.2, 0.25) is 0 Å². The van der Waals surface area contributed by atoms with Crippen molar-refractivity contribution in [3.63, 3.8) is 0 Å². The van der Waals surface area contributed by atoms with Crippen LogP contribution < -0.4 is 24.8 Å². The molecule has 2 rings (SSSR count). The van der Waals surface area contributed by atoms with Gasteiger partial charge in [0, 0.05) is 13.6 Å². The summed E-state index contributed by atoms with van der Waals surface area (Å²) in [5, 5.41) is 6.51. The first-order chi connectivity index (χ1) is 12.7. The Hall–Kier alpha value is -2.16. The van der Waals surface area contributed by atoms with Crippen LogP contribution in [0.5, 0.6) is 17.2 Å². The summed E-state index contributed by atoms with van der Waals surface area (Å²) >= 11 is 0. The van der Waals surface area contributed by atoms with E-state index in [9.17, 15) is 0 Å². The zero-order chi connectivity index (χ0) is 18.8. The topological polar surface area (TPSA) is 64.1 Å². The number of nitrogens with zero attached hydrogens (tertiary/aromatic N) is 1. The molecule has 0 aromatic heterocycles. The number of benzene rings is 2. The monoisotopic (exact) mass is 485 g/mol. The summed E-state index contributed by atoms with van der Waals surface area (Å²) in [6.45, 7) is 3.86. The fraction of sp³-hybridized carbons (Fsp3) is 0.350. The summed E-state index contributed by atoms with van der Waals surface area (Å²) in [5.41, 5.74) is 2.25. The molecule has 0 unspecified atom stereocenters. The van der Waals surface area contributed by atoms with E-state index in [1.165, 1.54) is 0 Å². The van der Waals surface area contributed by atoms with Crippen LogP contribution in [-0.2, 0) is 6.54 Å². The molecule has 7 heteroatoms. The highest BCUT2D eigenvalue weighted by atomic mass is 127. The second-order valence-corrected chi connectivity index (χ2v) is 5.68. The Morgan fingerprint density at radius 2 is 1.67 bits per heavy atom. The number of aliphatic imine (C=N–C) groups is 1. The Labute approximate surface area is 178 Å². The average Bonchev–Trinajstić information content (AvgIpc) is 2.69. The third-order valence-corrected chi connectivity index (χ3v) is 3.88. The van der Waals surface area contributed by atoms with Crippen molar-refractivity contribution in [2.45, 2.75) is 13.5 Å². The molecule has 6 nitrogen and oxygen atoms in total. The second-order valence-electron chi connectivity index (χ2n) is 5.68. The molecule has 0 atom stereocenters. The van der Waals surface area contributed by atoms with E-state index in [2.05, 4.69) is 27.8 Å². The van der Waals surface area contributed by atoms with Crippen molar-refractivity contribution in [1.29, 1.82) is 0 Å². The Balaban J connectivity index is 0.00000364. The quantitative estimate of drug-likeness (QED) is 0.260. The van der Waals surface area contributed by atoms with Gasteiger partial charge in [-0.05, 0) is 48.4 Å². The number of halogens is 1. The number of rotatable bonds is 8.